The smallest absolute Gasteiger partial charge is 0.257 e. The van der Waals surface area contributed by atoms with Gasteiger partial charge in [-0.05, 0) is 51.8 Å². The second-order valence-electron chi connectivity index (χ2n) is 6.62. The average molecular weight is 316 g/mol. The molecule has 1 N–H and O–H groups in total. The molecule has 0 spiro atoms. The highest BCUT2D eigenvalue weighted by atomic mass is 16.5. The van der Waals surface area contributed by atoms with E-state index in [1.165, 1.54) is 19.0 Å². The van der Waals surface area contributed by atoms with Gasteiger partial charge >= 0.3 is 0 Å². The molecule has 0 aromatic carbocycles. The van der Waals surface area contributed by atoms with Gasteiger partial charge in [-0.3, -0.25) is 9.69 Å². The molecule has 2 aromatic heterocycles. The van der Waals surface area contributed by atoms with Gasteiger partial charge in [0.15, 0.2) is 0 Å². The Morgan fingerprint density at radius 3 is 2.96 bits per heavy atom. The van der Waals surface area contributed by atoms with Crippen molar-refractivity contribution in [3.8, 4) is 0 Å². The summed E-state index contributed by atoms with van der Waals surface area (Å²) in [5.74, 6) is 0.717. The van der Waals surface area contributed by atoms with Crippen LogP contribution in [0.4, 0.5) is 0 Å². The third-order valence-electron chi connectivity index (χ3n) is 4.77. The van der Waals surface area contributed by atoms with E-state index in [1.54, 1.807) is 6.07 Å². The lowest BCUT2D eigenvalue weighted by molar-refractivity contribution is 0.0921. The molecule has 2 aromatic rings. The van der Waals surface area contributed by atoms with Crippen molar-refractivity contribution >= 4 is 17.0 Å². The van der Waals surface area contributed by atoms with Crippen LogP contribution in [-0.2, 0) is 0 Å². The van der Waals surface area contributed by atoms with Gasteiger partial charge in [0.05, 0.1) is 16.6 Å². The van der Waals surface area contributed by atoms with Gasteiger partial charge in [-0.2, -0.15) is 0 Å². The summed E-state index contributed by atoms with van der Waals surface area (Å²) >= 11 is 0. The van der Waals surface area contributed by atoms with E-state index in [4.69, 9.17) is 4.52 Å². The third kappa shape index (κ3) is 3.52. The van der Waals surface area contributed by atoms with Crippen molar-refractivity contribution in [1.82, 2.24) is 20.4 Å². The van der Waals surface area contributed by atoms with Crippen molar-refractivity contribution in [3.63, 3.8) is 0 Å². The Balaban J connectivity index is 1.58. The fourth-order valence-electron chi connectivity index (χ4n) is 3.01. The predicted octanol–water partition coefficient (Wildman–Crippen LogP) is 2.38. The summed E-state index contributed by atoms with van der Waals surface area (Å²) in [6.45, 7) is 9.20. The second-order valence-corrected chi connectivity index (χ2v) is 6.62. The van der Waals surface area contributed by atoms with E-state index in [2.05, 4.69) is 34.2 Å². The van der Waals surface area contributed by atoms with Gasteiger partial charge in [0.25, 0.3) is 11.6 Å². The van der Waals surface area contributed by atoms with Crippen LogP contribution in [0.3, 0.4) is 0 Å². The van der Waals surface area contributed by atoms with Crippen molar-refractivity contribution in [1.29, 1.82) is 0 Å². The first-order chi connectivity index (χ1) is 11.0. The van der Waals surface area contributed by atoms with E-state index in [0.29, 0.717) is 23.9 Å². The molecule has 1 aliphatic rings. The Morgan fingerprint density at radius 1 is 1.48 bits per heavy atom. The minimum Gasteiger partial charge on any atom is -0.350 e. The van der Waals surface area contributed by atoms with Gasteiger partial charge < -0.3 is 9.84 Å². The number of carbonyl (C=O) groups excluding carboxylic acids is 1. The lowest BCUT2D eigenvalue weighted by Crippen LogP contribution is -2.45. The number of likely N-dealkylation sites (tertiary alicyclic amines) is 1. The Bertz CT molecular complexity index is 689. The van der Waals surface area contributed by atoms with Crippen molar-refractivity contribution < 1.29 is 9.32 Å². The normalized spacial score (nSPS) is 18.2. The van der Waals surface area contributed by atoms with Gasteiger partial charge in [-0.25, -0.2) is 4.98 Å². The summed E-state index contributed by atoms with van der Waals surface area (Å²) in [4.78, 5) is 18.9. The summed E-state index contributed by atoms with van der Waals surface area (Å²) in [6.07, 6.45) is 4.02. The van der Waals surface area contributed by atoms with Crippen molar-refractivity contribution in [2.24, 2.45) is 5.92 Å². The second kappa shape index (κ2) is 6.66. The number of piperidine rings is 1. The molecule has 1 saturated heterocycles. The van der Waals surface area contributed by atoms with E-state index in [1.807, 2.05) is 6.92 Å². The summed E-state index contributed by atoms with van der Waals surface area (Å²) in [5.41, 5.74) is 1.76. The SMILES string of the molecule is Cc1noc2ncc(C(=O)NCC(C)N3CCC(C)CC3)cc12. The molecule has 1 amide bonds. The van der Waals surface area contributed by atoms with Crippen molar-refractivity contribution in [3.05, 3.63) is 23.5 Å². The molecule has 3 rings (SSSR count). The van der Waals surface area contributed by atoms with Crippen LogP contribution in [0.2, 0.25) is 0 Å². The number of carbonyl (C=O) groups is 1. The zero-order chi connectivity index (χ0) is 16.4. The van der Waals surface area contributed by atoms with E-state index in [9.17, 15) is 4.79 Å². The predicted molar refractivity (Wildman–Crippen MR) is 88.3 cm³/mol. The first kappa shape index (κ1) is 15.9. The molecule has 0 saturated carbocycles. The molecule has 1 unspecified atom stereocenters. The largest absolute Gasteiger partial charge is 0.350 e. The Morgan fingerprint density at radius 2 is 2.22 bits per heavy atom. The quantitative estimate of drug-likeness (QED) is 0.937. The number of hydrogen-bond acceptors (Lipinski definition) is 5. The Hall–Kier alpha value is -1.95. The maximum absolute atomic E-state index is 12.3. The molecule has 23 heavy (non-hydrogen) atoms. The Kier molecular flexibility index (Phi) is 4.61. The van der Waals surface area contributed by atoms with Crippen LogP contribution in [0.5, 0.6) is 0 Å². The maximum atomic E-state index is 12.3. The van der Waals surface area contributed by atoms with Gasteiger partial charge in [0, 0.05) is 18.8 Å². The third-order valence-corrected chi connectivity index (χ3v) is 4.77. The molecule has 0 aliphatic carbocycles. The number of amides is 1. The van der Waals surface area contributed by atoms with Gasteiger partial charge in [-0.15, -0.1) is 0 Å². The highest BCUT2D eigenvalue weighted by Gasteiger charge is 2.21. The summed E-state index contributed by atoms with van der Waals surface area (Å²) in [7, 11) is 0. The fraction of sp³-hybridized carbons (Fsp3) is 0.588. The summed E-state index contributed by atoms with van der Waals surface area (Å²) < 4.78 is 5.07. The van der Waals surface area contributed by atoms with E-state index >= 15 is 0 Å². The lowest BCUT2D eigenvalue weighted by Gasteiger charge is -2.35. The van der Waals surface area contributed by atoms with Crippen molar-refractivity contribution in [2.75, 3.05) is 19.6 Å². The van der Waals surface area contributed by atoms with Crippen LogP contribution in [0, 0.1) is 12.8 Å². The first-order valence-corrected chi connectivity index (χ1v) is 8.29. The molecule has 6 nitrogen and oxygen atoms in total. The zero-order valence-corrected chi connectivity index (χ0v) is 14.0. The minimum atomic E-state index is -0.0998. The number of pyridine rings is 1. The average Bonchev–Trinajstić information content (AvgIpc) is 2.93. The van der Waals surface area contributed by atoms with Crippen LogP contribution in [0.1, 0.15) is 42.7 Å². The number of rotatable bonds is 4. The van der Waals surface area contributed by atoms with Crippen molar-refractivity contribution in [2.45, 2.75) is 39.7 Å². The number of fused-ring (bicyclic) bond motifs is 1. The number of aromatic nitrogens is 2. The lowest BCUT2D eigenvalue weighted by atomic mass is 9.98. The number of nitrogens with one attached hydrogen (secondary N) is 1. The van der Waals surface area contributed by atoms with Crippen LogP contribution in [0.15, 0.2) is 16.8 Å². The van der Waals surface area contributed by atoms with Gasteiger partial charge in [0.1, 0.15) is 0 Å². The number of nitrogens with zero attached hydrogens (tertiary/aromatic N) is 3. The molecular formula is C17H24N4O2. The molecule has 124 valence electrons. The summed E-state index contributed by atoms with van der Waals surface area (Å²) in [6, 6.07) is 2.14. The molecule has 3 heterocycles. The maximum Gasteiger partial charge on any atom is 0.257 e. The molecule has 0 radical (unpaired) electrons. The first-order valence-electron chi connectivity index (χ1n) is 8.29. The molecule has 1 atom stereocenters. The van der Waals surface area contributed by atoms with E-state index in [0.717, 1.165) is 30.1 Å². The number of aryl methyl sites for hydroxylation is 1. The Labute approximate surface area is 136 Å². The van der Waals surface area contributed by atoms with Crippen LogP contribution in [-0.4, -0.2) is 46.6 Å². The van der Waals surface area contributed by atoms with Crippen LogP contribution >= 0.6 is 0 Å². The van der Waals surface area contributed by atoms with Gasteiger partial charge in [-0.1, -0.05) is 12.1 Å². The summed E-state index contributed by atoms with van der Waals surface area (Å²) in [5, 5.41) is 7.66. The van der Waals surface area contributed by atoms with E-state index < -0.39 is 0 Å². The number of hydrogen-bond donors (Lipinski definition) is 1. The fourth-order valence-corrected chi connectivity index (χ4v) is 3.01. The molecule has 1 aliphatic heterocycles. The molecular weight excluding hydrogens is 292 g/mol. The van der Waals surface area contributed by atoms with Crippen LogP contribution < -0.4 is 5.32 Å². The standard InChI is InChI=1S/C17H24N4O2/c1-11-4-6-21(7-5-11)12(2)9-18-16(22)14-8-15-13(3)20-23-17(15)19-10-14/h8,10-12H,4-7,9H2,1-3H3,(H,18,22). The highest BCUT2D eigenvalue weighted by molar-refractivity contribution is 5.96. The molecule has 6 heteroatoms. The van der Waals surface area contributed by atoms with Crippen LogP contribution in [0.25, 0.3) is 11.1 Å². The molecule has 1 fully saturated rings. The highest BCUT2D eigenvalue weighted by Crippen LogP contribution is 2.18. The monoisotopic (exact) mass is 316 g/mol. The molecule has 0 bridgehead atoms. The zero-order valence-electron chi connectivity index (χ0n) is 14.0. The van der Waals surface area contributed by atoms with E-state index in [-0.39, 0.29) is 5.91 Å². The minimum absolute atomic E-state index is 0.0998. The van der Waals surface area contributed by atoms with Gasteiger partial charge in [0.2, 0.25) is 0 Å². The topological polar surface area (TPSA) is 71.3 Å².